The highest BCUT2D eigenvalue weighted by atomic mass is 16.5. The summed E-state index contributed by atoms with van der Waals surface area (Å²) < 4.78 is 10.5. The summed E-state index contributed by atoms with van der Waals surface area (Å²) in [6, 6.07) is 13.6. The fraction of sp³-hybridized carbons (Fsp3) is 0.462. The molecule has 1 aliphatic heterocycles. The highest BCUT2D eigenvalue weighted by Gasteiger charge is 2.29. The van der Waals surface area contributed by atoms with Crippen molar-refractivity contribution in [3.8, 4) is 11.5 Å². The molecular weight excluding hydrogens is 404 g/mol. The summed E-state index contributed by atoms with van der Waals surface area (Å²) in [5.41, 5.74) is 2.81. The van der Waals surface area contributed by atoms with E-state index in [1.54, 1.807) is 37.3 Å². The molecule has 0 saturated carbocycles. The van der Waals surface area contributed by atoms with E-state index in [0.717, 1.165) is 0 Å². The first-order valence-corrected chi connectivity index (χ1v) is 11.1. The van der Waals surface area contributed by atoms with E-state index in [0.29, 0.717) is 49.5 Å². The predicted octanol–water partition coefficient (Wildman–Crippen LogP) is 3.96. The number of methoxy groups -OCH3 is 2. The Morgan fingerprint density at radius 1 is 1.03 bits per heavy atom. The number of ether oxygens (including phenoxy) is 2. The van der Waals surface area contributed by atoms with Gasteiger partial charge in [-0.1, -0.05) is 43.7 Å². The van der Waals surface area contributed by atoms with Gasteiger partial charge in [0.2, 0.25) is 5.91 Å². The Hall–Kier alpha value is -3.02. The van der Waals surface area contributed by atoms with Crippen molar-refractivity contribution >= 4 is 11.8 Å². The van der Waals surface area contributed by atoms with E-state index in [1.165, 1.54) is 11.1 Å². The van der Waals surface area contributed by atoms with Crippen LogP contribution in [0, 0.1) is 12.8 Å². The Bertz CT molecular complexity index is 940. The number of piperidine rings is 1. The molecular formula is C26H34N2O4. The lowest BCUT2D eigenvalue weighted by atomic mass is 9.83. The van der Waals surface area contributed by atoms with Crippen LogP contribution in [0.3, 0.4) is 0 Å². The zero-order chi connectivity index (χ0) is 23.3. The summed E-state index contributed by atoms with van der Waals surface area (Å²) in [5, 5.41) is 3.14. The molecule has 0 bridgehead atoms. The number of hydrogen-bond donors (Lipinski definition) is 1. The Kier molecular flexibility index (Phi) is 7.44. The van der Waals surface area contributed by atoms with Crippen LogP contribution in [0.2, 0.25) is 0 Å². The fourth-order valence-electron chi connectivity index (χ4n) is 4.08. The van der Waals surface area contributed by atoms with Gasteiger partial charge in [0.25, 0.3) is 5.91 Å². The minimum Gasteiger partial charge on any atom is -0.497 e. The Morgan fingerprint density at radius 2 is 1.66 bits per heavy atom. The normalized spacial score (nSPS) is 14.7. The molecule has 1 heterocycles. The number of benzene rings is 2. The van der Waals surface area contributed by atoms with Gasteiger partial charge < -0.3 is 19.7 Å². The molecule has 0 unspecified atom stereocenters. The van der Waals surface area contributed by atoms with E-state index < -0.39 is 0 Å². The van der Waals surface area contributed by atoms with Crippen molar-refractivity contribution in [3.05, 3.63) is 59.2 Å². The number of carbonyl (C=O) groups excluding carboxylic acids is 2. The number of aryl methyl sites for hydroxylation is 1. The summed E-state index contributed by atoms with van der Waals surface area (Å²) in [5.74, 6) is 1.09. The maximum Gasteiger partial charge on any atom is 0.254 e. The van der Waals surface area contributed by atoms with Crippen LogP contribution >= 0.6 is 0 Å². The van der Waals surface area contributed by atoms with Crippen molar-refractivity contribution in [2.75, 3.05) is 33.9 Å². The molecule has 1 N–H and O–H groups in total. The molecule has 0 aromatic heterocycles. The van der Waals surface area contributed by atoms with E-state index >= 15 is 0 Å². The topological polar surface area (TPSA) is 67.9 Å². The first-order valence-electron chi connectivity index (χ1n) is 11.1. The van der Waals surface area contributed by atoms with Crippen molar-refractivity contribution in [1.82, 2.24) is 10.2 Å². The average Bonchev–Trinajstić information content (AvgIpc) is 2.81. The van der Waals surface area contributed by atoms with Crippen molar-refractivity contribution < 1.29 is 19.1 Å². The van der Waals surface area contributed by atoms with E-state index in [4.69, 9.17) is 9.47 Å². The summed E-state index contributed by atoms with van der Waals surface area (Å²) in [6.45, 7) is 8.06. The number of amides is 2. The van der Waals surface area contributed by atoms with Gasteiger partial charge in [0, 0.05) is 42.6 Å². The molecule has 1 saturated heterocycles. The van der Waals surface area contributed by atoms with Gasteiger partial charge in [-0.2, -0.15) is 0 Å². The standard InChI is InChI=1S/C26H34N2O4/c1-18-7-6-8-21(13-18)26(2,3)17-27-24(29)19-9-11-28(12-10-19)25(30)20-14-22(31-4)16-23(15-20)32-5/h6-8,13-16,19H,9-12,17H2,1-5H3,(H,27,29). The molecule has 6 nitrogen and oxygen atoms in total. The lowest BCUT2D eigenvalue weighted by Gasteiger charge is -2.32. The molecule has 0 atom stereocenters. The zero-order valence-corrected chi connectivity index (χ0v) is 19.7. The van der Waals surface area contributed by atoms with Crippen LogP contribution in [-0.4, -0.2) is 50.6 Å². The molecule has 172 valence electrons. The van der Waals surface area contributed by atoms with Crippen LogP contribution in [0.1, 0.15) is 48.2 Å². The van der Waals surface area contributed by atoms with E-state index in [9.17, 15) is 9.59 Å². The first kappa shape index (κ1) is 23.6. The first-order chi connectivity index (χ1) is 15.2. The van der Waals surface area contributed by atoms with Gasteiger partial charge in [-0.15, -0.1) is 0 Å². The third-order valence-corrected chi connectivity index (χ3v) is 6.26. The fourth-order valence-corrected chi connectivity index (χ4v) is 4.08. The van der Waals surface area contributed by atoms with Gasteiger partial charge in [-0.25, -0.2) is 0 Å². The molecule has 6 heteroatoms. The highest BCUT2D eigenvalue weighted by molar-refractivity contribution is 5.95. The second kappa shape index (κ2) is 10.1. The van der Waals surface area contributed by atoms with Gasteiger partial charge in [0.05, 0.1) is 14.2 Å². The molecule has 3 rings (SSSR count). The lowest BCUT2D eigenvalue weighted by molar-refractivity contribution is -0.126. The predicted molar refractivity (Wildman–Crippen MR) is 125 cm³/mol. The summed E-state index contributed by atoms with van der Waals surface area (Å²) in [4.78, 5) is 27.6. The number of hydrogen-bond acceptors (Lipinski definition) is 4. The molecule has 2 amide bonds. The molecule has 0 spiro atoms. The minimum absolute atomic E-state index is 0.0679. The van der Waals surface area contributed by atoms with Crippen LogP contribution in [0.25, 0.3) is 0 Å². The number of likely N-dealkylation sites (tertiary alicyclic amines) is 1. The Balaban J connectivity index is 1.55. The summed E-state index contributed by atoms with van der Waals surface area (Å²) >= 11 is 0. The molecule has 1 aliphatic rings. The van der Waals surface area contributed by atoms with Crippen LogP contribution in [-0.2, 0) is 10.2 Å². The van der Waals surface area contributed by atoms with Crippen LogP contribution < -0.4 is 14.8 Å². The second-order valence-electron chi connectivity index (χ2n) is 9.14. The summed E-state index contributed by atoms with van der Waals surface area (Å²) in [6.07, 6.45) is 1.31. The van der Waals surface area contributed by atoms with E-state index in [1.807, 2.05) is 0 Å². The third kappa shape index (κ3) is 5.61. The lowest BCUT2D eigenvalue weighted by Crippen LogP contribution is -2.45. The second-order valence-corrected chi connectivity index (χ2v) is 9.14. The third-order valence-electron chi connectivity index (χ3n) is 6.26. The monoisotopic (exact) mass is 438 g/mol. The van der Waals surface area contributed by atoms with Crippen molar-refractivity contribution in [1.29, 1.82) is 0 Å². The van der Waals surface area contributed by atoms with Crippen LogP contribution in [0.15, 0.2) is 42.5 Å². The van der Waals surface area contributed by atoms with Crippen molar-refractivity contribution in [2.45, 2.75) is 39.0 Å². The number of nitrogens with zero attached hydrogens (tertiary/aromatic N) is 1. The molecule has 2 aromatic carbocycles. The maximum absolute atomic E-state index is 13.0. The zero-order valence-electron chi connectivity index (χ0n) is 19.7. The quantitative estimate of drug-likeness (QED) is 0.711. The van der Waals surface area contributed by atoms with Crippen LogP contribution in [0.5, 0.6) is 11.5 Å². The van der Waals surface area contributed by atoms with Crippen LogP contribution in [0.4, 0.5) is 0 Å². The highest BCUT2D eigenvalue weighted by Crippen LogP contribution is 2.26. The Labute approximate surface area is 190 Å². The number of nitrogens with one attached hydrogen (secondary N) is 1. The maximum atomic E-state index is 13.0. The minimum atomic E-state index is -0.149. The van der Waals surface area contributed by atoms with Crippen molar-refractivity contribution in [3.63, 3.8) is 0 Å². The molecule has 2 aromatic rings. The largest absolute Gasteiger partial charge is 0.497 e. The molecule has 0 aliphatic carbocycles. The molecule has 0 radical (unpaired) electrons. The molecule has 32 heavy (non-hydrogen) atoms. The van der Waals surface area contributed by atoms with Crippen molar-refractivity contribution in [2.24, 2.45) is 5.92 Å². The number of rotatable bonds is 7. The van der Waals surface area contributed by atoms with Gasteiger partial charge >= 0.3 is 0 Å². The van der Waals surface area contributed by atoms with E-state index in [2.05, 4.69) is 50.4 Å². The Morgan fingerprint density at radius 3 is 2.22 bits per heavy atom. The summed E-state index contributed by atoms with van der Waals surface area (Å²) in [7, 11) is 3.13. The van der Waals surface area contributed by atoms with Gasteiger partial charge in [-0.3, -0.25) is 9.59 Å². The van der Waals surface area contributed by atoms with E-state index in [-0.39, 0.29) is 23.1 Å². The molecule has 1 fully saturated rings. The van der Waals surface area contributed by atoms with Gasteiger partial charge in [0.15, 0.2) is 0 Å². The smallest absolute Gasteiger partial charge is 0.254 e. The SMILES string of the molecule is COc1cc(OC)cc(C(=O)N2CCC(C(=O)NCC(C)(C)c3cccc(C)c3)CC2)c1. The number of carbonyl (C=O) groups is 2. The van der Waals surface area contributed by atoms with Gasteiger partial charge in [-0.05, 0) is 37.5 Å². The van der Waals surface area contributed by atoms with Gasteiger partial charge in [0.1, 0.15) is 11.5 Å². The average molecular weight is 439 g/mol.